The zero-order chi connectivity index (χ0) is 16.5. The van der Waals surface area contributed by atoms with E-state index in [9.17, 15) is 9.59 Å². The van der Waals surface area contributed by atoms with Gasteiger partial charge in [0, 0.05) is 6.54 Å². The Morgan fingerprint density at radius 1 is 1.13 bits per heavy atom. The van der Waals surface area contributed by atoms with Crippen LogP contribution in [0.2, 0.25) is 0 Å². The van der Waals surface area contributed by atoms with Gasteiger partial charge in [0.25, 0.3) is 5.91 Å². The molecule has 1 aromatic heterocycles. The van der Waals surface area contributed by atoms with Crippen molar-refractivity contribution in [3.63, 3.8) is 0 Å². The molecule has 0 saturated heterocycles. The second-order valence-corrected chi connectivity index (χ2v) is 4.88. The van der Waals surface area contributed by atoms with E-state index in [0.29, 0.717) is 13.2 Å². The number of benzene rings is 1. The van der Waals surface area contributed by atoms with Crippen LogP contribution >= 0.6 is 0 Å². The van der Waals surface area contributed by atoms with Crippen LogP contribution in [0, 0.1) is 0 Å². The first kappa shape index (κ1) is 16.6. The zero-order valence-corrected chi connectivity index (χ0v) is 12.8. The fourth-order valence-electron chi connectivity index (χ4n) is 1.80. The lowest BCUT2D eigenvalue weighted by Gasteiger charge is -2.16. The van der Waals surface area contributed by atoms with Crippen LogP contribution < -0.4 is 15.6 Å². The molecule has 2 amide bonds. The fourth-order valence-corrected chi connectivity index (χ4v) is 1.80. The lowest BCUT2D eigenvalue weighted by Crippen LogP contribution is -2.46. The van der Waals surface area contributed by atoms with Gasteiger partial charge >= 0.3 is 5.91 Å². The number of rotatable bonds is 7. The number of carbonyl (C=O) groups excluding carboxylic acids is 2. The third-order valence-corrected chi connectivity index (χ3v) is 2.96. The number of hydrogen-bond acceptors (Lipinski definition) is 5. The average Bonchev–Trinajstić information content (AvgIpc) is 3.08. The molecule has 0 aliphatic heterocycles. The van der Waals surface area contributed by atoms with E-state index < -0.39 is 5.91 Å². The van der Waals surface area contributed by atoms with Crippen LogP contribution in [-0.2, 0) is 4.79 Å². The molecule has 7 nitrogen and oxygen atoms in total. The summed E-state index contributed by atoms with van der Waals surface area (Å²) >= 11 is 0. The third-order valence-electron chi connectivity index (χ3n) is 2.96. The zero-order valence-electron chi connectivity index (χ0n) is 12.8. The summed E-state index contributed by atoms with van der Waals surface area (Å²) in [5.41, 5.74) is 4.61. The molecule has 23 heavy (non-hydrogen) atoms. The summed E-state index contributed by atoms with van der Waals surface area (Å²) in [7, 11) is 1.79. The SMILES string of the molecule is CN(CCOc1ccccc1)CC(=O)NNC(=O)c1ccco1. The molecule has 2 aromatic rings. The number of amides is 2. The Labute approximate surface area is 134 Å². The van der Waals surface area contributed by atoms with E-state index in [4.69, 9.17) is 9.15 Å². The summed E-state index contributed by atoms with van der Waals surface area (Å²) in [5.74, 6) is 0.0940. The number of nitrogens with one attached hydrogen (secondary N) is 2. The molecular formula is C16H19N3O4. The number of ether oxygens (including phenoxy) is 1. The van der Waals surface area contributed by atoms with Crippen LogP contribution in [0.1, 0.15) is 10.6 Å². The van der Waals surface area contributed by atoms with Gasteiger partial charge in [0.2, 0.25) is 0 Å². The maximum atomic E-state index is 11.7. The normalized spacial score (nSPS) is 10.3. The van der Waals surface area contributed by atoms with Gasteiger partial charge in [0.1, 0.15) is 12.4 Å². The van der Waals surface area contributed by atoms with Gasteiger partial charge in [-0.15, -0.1) is 0 Å². The number of nitrogens with zero attached hydrogens (tertiary/aromatic N) is 1. The molecule has 2 N–H and O–H groups in total. The van der Waals surface area contributed by atoms with Crippen LogP contribution in [0.15, 0.2) is 53.1 Å². The average molecular weight is 317 g/mol. The first-order valence-corrected chi connectivity index (χ1v) is 7.14. The second-order valence-electron chi connectivity index (χ2n) is 4.88. The van der Waals surface area contributed by atoms with Crippen LogP contribution in [0.5, 0.6) is 5.75 Å². The standard InChI is InChI=1S/C16H19N3O4/c1-19(9-11-22-13-6-3-2-4-7-13)12-15(20)17-18-16(21)14-8-5-10-23-14/h2-8,10H,9,11-12H2,1H3,(H,17,20)(H,18,21). The topological polar surface area (TPSA) is 83.8 Å². The number of para-hydroxylation sites is 1. The fraction of sp³-hybridized carbons (Fsp3) is 0.250. The Bertz CT molecular complexity index is 614. The van der Waals surface area contributed by atoms with E-state index in [-0.39, 0.29) is 18.2 Å². The number of likely N-dealkylation sites (N-methyl/N-ethyl adjacent to an activating group) is 1. The Morgan fingerprint density at radius 3 is 2.61 bits per heavy atom. The molecule has 122 valence electrons. The first-order valence-electron chi connectivity index (χ1n) is 7.14. The number of hydrazine groups is 1. The molecule has 0 unspecified atom stereocenters. The molecule has 0 aliphatic carbocycles. The minimum Gasteiger partial charge on any atom is -0.492 e. The number of carbonyl (C=O) groups is 2. The molecule has 0 spiro atoms. The van der Waals surface area contributed by atoms with Crippen molar-refractivity contribution >= 4 is 11.8 Å². The molecule has 0 radical (unpaired) electrons. The smallest absolute Gasteiger partial charge is 0.305 e. The van der Waals surface area contributed by atoms with Gasteiger partial charge in [-0.2, -0.15) is 0 Å². The van der Waals surface area contributed by atoms with Crippen LogP contribution in [0.3, 0.4) is 0 Å². The van der Waals surface area contributed by atoms with Gasteiger partial charge in [-0.05, 0) is 31.3 Å². The van der Waals surface area contributed by atoms with Crippen molar-refractivity contribution in [2.75, 3.05) is 26.7 Å². The van der Waals surface area contributed by atoms with E-state index in [2.05, 4.69) is 10.9 Å². The molecule has 0 saturated carbocycles. The van der Waals surface area contributed by atoms with E-state index in [1.54, 1.807) is 18.0 Å². The van der Waals surface area contributed by atoms with Crippen LogP contribution in [-0.4, -0.2) is 43.5 Å². The summed E-state index contributed by atoms with van der Waals surface area (Å²) in [5, 5.41) is 0. The van der Waals surface area contributed by atoms with Gasteiger partial charge in [0.05, 0.1) is 12.8 Å². The lowest BCUT2D eigenvalue weighted by molar-refractivity contribution is -0.122. The maximum Gasteiger partial charge on any atom is 0.305 e. The monoisotopic (exact) mass is 317 g/mol. The minimum absolute atomic E-state index is 0.134. The molecule has 1 heterocycles. The molecule has 7 heteroatoms. The highest BCUT2D eigenvalue weighted by Crippen LogP contribution is 2.07. The minimum atomic E-state index is -0.501. The predicted octanol–water partition coefficient (Wildman–Crippen LogP) is 1.05. The Hall–Kier alpha value is -2.80. The summed E-state index contributed by atoms with van der Waals surface area (Å²) in [6.07, 6.45) is 1.39. The van der Waals surface area contributed by atoms with Crippen molar-refractivity contribution in [1.82, 2.24) is 15.8 Å². The quantitative estimate of drug-likeness (QED) is 0.746. The lowest BCUT2D eigenvalue weighted by atomic mass is 10.3. The van der Waals surface area contributed by atoms with Gasteiger partial charge in [-0.3, -0.25) is 25.3 Å². The molecule has 1 aromatic carbocycles. The maximum absolute atomic E-state index is 11.7. The highest BCUT2D eigenvalue weighted by molar-refractivity contribution is 5.93. The van der Waals surface area contributed by atoms with Crippen molar-refractivity contribution in [2.24, 2.45) is 0 Å². The first-order chi connectivity index (χ1) is 11.1. The summed E-state index contributed by atoms with van der Waals surface area (Å²) in [6.45, 7) is 1.18. The molecule has 0 fully saturated rings. The second kappa shape index (κ2) is 8.60. The summed E-state index contributed by atoms with van der Waals surface area (Å²) < 4.78 is 10.5. The third kappa shape index (κ3) is 5.84. The predicted molar refractivity (Wildman–Crippen MR) is 83.8 cm³/mol. The van der Waals surface area contributed by atoms with E-state index >= 15 is 0 Å². The van der Waals surface area contributed by atoms with Gasteiger partial charge in [-0.1, -0.05) is 18.2 Å². The molecule has 0 bridgehead atoms. The summed E-state index contributed by atoms with van der Waals surface area (Å²) in [6, 6.07) is 12.6. The summed E-state index contributed by atoms with van der Waals surface area (Å²) in [4.78, 5) is 25.1. The highest BCUT2D eigenvalue weighted by atomic mass is 16.5. The Kier molecular flexibility index (Phi) is 6.19. The van der Waals surface area contributed by atoms with Gasteiger partial charge in [-0.25, -0.2) is 0 Å². The molecular weight excluding hydrogens is 298 g/mol. The van der Waals surface area contributed by atoms with E-state index in [1.165, 1.54) is 12.3 Å². The highest BCUT2D eigenvalue weighted by Gasteiger charge is 2.11. The van der Waals surface area contributed by atoms with Gasteiger partial charge in [0.15, 0.2) is 5.76 Å². The van der Waals surface area contributed by atoms with Crippen LogP contribution in [0.25, 0.3) is 0 Å². The molecule has 0 aliphatic rings. The van der Waals surface area contributed by atoms with Crippen molar-refractivity contribution in [3.05, 3.63) is 54.5 Å². The van der Waals surface area contributed by atoms with E-state index in [1.807, 2.05) is 30.3 Å². The van der Waals surface area contributed by atoms with Gasteiger partial charge < -0.3 is 9.15 Å². The largest absolute Gasteiger partial charge is 0.492 e. The van der Waals surface area contributed by atoms with Crippen molar-refractivity contribution in [2.45, 2.75) is 0 Å². The van der Waals surface area contributed by atoms with Crippen molar-refractivity contribution in [3.8, 4) is 5.75 Å². The Balaban J connectivity index is 1.61. The molecule has 2 rings (SSSR count). The van der Waals surface area contributed by atoms with E-state index in [0.717, 1.165) is 5.75 Å². The number of furan rings is 1. The van der Waals surface area contributed by atoms with Crippen LogP contribution in [0.4, 0.5) is 0 Å². The number of hydrogen-bond donors (Lipinski definition) is 2. The van der Waals surface area contributed by atoms with Crippen molar-refractivity contribution < 1.29 is 18.7 Å². The van der Waals surface area contributed by atoms with Crippen molar-refractivity contribution in [1.29, 1.82) is 0 Å². The molecule has 0 atom stereocenters. The Morgan fingerprint density at radius 2 is 1.91 bits per heavy atom.